The molecule has 0 atom stereocenters. The van der Waals surface area contributed by atoms with Crippen LogP contribution in [0.3, 0.4) is 0 Å². The van der Waals surface area contributed by atoms with E-state index in [1.54, 1.807) is 6.07 Å². The first-order chi connectivity index (χ1) is 8.63. The van der Waals surface area contributed by atoms with Crippen LogP contribution >= 0.6 is 0 Å². The number of rotatable bonds is 4. The first-order valence-electron chi connectivity index (χ1n) is 5.20. The van der Waals surface area contributed by atoms with Gasteiger partial charge in [0.25, 0.3) is 0 Å². The predicted octanol–water partition coefficient (Wildman–Crippen LogP) is 1.07. The molecule has 0 fully saturated rings. The molecule has 0 spiro atoms. The molecular weight excluding hydrogens is 240 g/mol. The smallest absolute Gasteiger partial charge is 0.320 e. The molecule has 2 aromatic rings. The molecule has 2 rings (SSSR count). The van der Waals surface area contributed by atoms with Gasteiger partial charge in [-0.2, -0.15) is 0 Å². The quantitative estimate of drug-likeness (QED) is 0.557. The lowest BCUT2D eigenvalue weighted by atomic mass is 10.1. The highest BCUT2D eigenvalue weighted by atomic mass is 16.6. The van der Waals surface area contributed by atoms with E-state index in [-0.39, 0.29) is 23.4 Å². The van der Waals surface area contributed by atoms with E-state index < -0.39 is 11.5 Å². The van der Waals surface area contributed by atoms with Crippen LogP contribution in [-0.4, -0.2) is 27.2 Å². The zero-order valence-electron chi connectivity index (χ0n) is 9.64. The van der Waals surface area contributed by atoms with Crippen LogP contribution < -0.4 is 4.74 Å². The number of nitrogens with zero attached hydrogens (tertiary/aromatic N) is 1. The Morgan fingerprint density at radius 2 is 2.11 bits per heavy atom. The summed E-state index contributed by atoms with van der Waals surface area (Å²) in [6.45, 7) is -0.728. The maximum absolute atomic E-state index is 11.1. The van der Waals surface area contributed by atoms with Gasteiger partial charge in [-0.3, -0.25) is 10.1 Å². The highest BCUT2D eigenvalue weighted by Crippen LogP contribution is 2.38. The average molecular weight is 252 g/mol. The molecule has 1 aromatic heterocycles. The number of aromatic amines is 1. The summed E-state index contributed by atoms with van der Waals surface area (Å²) in [6, 6.07) is 3.08. The summed E-state index contributed by atoms with van der Waals surface area (Å²) < 4.78 is 4.96. The maximum atomic E-state index is 11.1. The van der Waals surface area contributed by atoms with Crippen LogP contribution in [0.15, 0.2) is 12.1 Å². The standard InChI is InChI=1S/C11H12N2O5/c1-18-9-3-2-7-10(11(9)13(16)17)6(4-14)8(5-15)12-7/h2-3,12,14-15H,4-5H2,1H3. The fraction of sp³-hybridized carbons (Fsp3) is 0.273. The summed E-state index contributed by atoms with van der Waals surface area (Å²) in [7, 11) is 1.34. The summed E-state index contributed by atoms with van der Waals surface area (Å²) in [4.78, 5) is 13.4. The molecule has 0 bridgehead atoms. The van der Waals surface area contributed by atoms with E-state index in [1.807, 2.05) is 0 Å². The number of hydrogen-bond donors (Lipinski definition) is 3. The zero-order chi connectivity index (χ0) is 13.3. The summed E-state index contributed by atoms with van der Waals surface area (Å²) in [5, 5.41) is 29.9. The number of H-pyrrole nitrogens is 1. The molecule has 0 unspecified atom stereocenters. The molecular formula is C11H12N2O5. The lowest BCUT2D eigenvalue weighted by Crippen LogP contribution is -1.96. The topological polar surface area (TPSA) is 109 Å². The van der Waals surface area contributed by atoms with Crippen LogP contribution in [0.2, 0.25) is 0 Å². The van der Waals surface area contributed by atoms with Gasteiger partial charge in [0.2, 0.25) is 0 Å². The first-order valence-corrected chi connectivity index (χ1v) is 5.20. The van der Waals surface area contributed by atoms with Crippen molar-refractivity contribution in [2.75, 3.05) is 7.11 Å². The Bertz CT molecular complexity index is 605. The average Bonchev–Trinajstić information content (AvgIpc) is 2.74. The number of aliphatic hydroxyl groups is 2. The second-order valence-corrected chi connectivity index (χ2v) is 3.69. The molecule has 0 aliphatic carbocycles. The second-order valence-electron chi connectivity index (χ2n) is 3.69. The highest BCUT2D eigenvalue weighted by molar-refractivity contribution is 5.95. The van der Waals surface area contributed by atoms with Gasteiger partial charge in [0, 0.05) is 11.3 Å². The molecule has 0 aliphatic heterocycles. The van der Waals surface area contributed by atoms with Crippen molar-refractivity contribution in [3.8, 4) is 5.75 Å². The zero-order valence-corrected chi connectivity index (χ0v) is 9.64. The first kappa shape index (κ1) is 12.3. The number of benzene rings is 1. The summed E-state index contributed by atoms with van der Waals surface area (Å²) in [5.41, 5.74) is 0.951. The van der Waals surface area contributed by atoms with Crippen molar-refractivity contribution >= 4 is 16.6 Å². The van der Waals surface area contributed by atoms with Gasteiger partial charge in [0.15, 0.2) is 5.75 Å². The molecule has 1 aromatic carbocycles. The third kappa shape index (κ3) is 1.69. The minimum atomic E-state index is -0.560. The number of hydrogen-bond acceptors (Lipinski definition) is 5. The monoisotopic (exact) mass is 252 g/mol. The van der Waals surface area contributed by atoms with Crippen LogP contribution in [0.5, 0.6) is 5.75 Å². The van der Waals surface area contributed by atoms with Gasteiger partial charge in [-0.05, 0) is 12.1 Å². The molecule has 0 amide bonds. The Morgan fingerprint density at radius 1 is 1.39 bits per heavy atom. The van der Waals surface area contributed by atoms with Crippen LogP contribution in [0.25, 0.3) is 10.9 Å². The van der Waals surface area contributed by atoms with Gasteiger partial charge in [-0.25, -0.2) is 0 Å². The molecule has 18 heavy (non-hydrogen) atoms. The molecule has 7 heteroatoms. The minimum absolute atomic E-state index is 0.116. The maximum Gasteiger partial charge on any atom is 0.320 e. The molecule has 96 valence electrons. The van der Waals surface area contributed by atoms with Crippen LogP contribution in [0.4, 0.5) is 5.69 Å². The highest BCUT2D eigenvalue weighted by Gasteiger charge is 2.25. The van der Waals surface area contributed by atoms with Gasteiger partial charge < -0.3 is 19.9 Å². The third-order valence-electron chi connectivity index (χ3n) is 2.81. The van der Waals surface area contributed by atoms with Crippen molar-refractivity contribution in [3.05, 3.63) is 33.5 Å². The second kappa shape index (κ2) is 4.63. The summed E-state index contributed by atoms with van der Waals surface area (Å²) in [6.07, 6.45) is 0. The number of nitro groups is 1. The lowest BCUT2D eigenvalue weighted by molar-refractivity contribution is -0.384. The number of ether oxygens (including phenoxy) is 1. The Morgan fingerprint density at radius 3 is 2.61 bits per heavy atom. The van der Waals surface area contributed by atoms with E-state index in [0.29, 0.717) is 16.8 Å². The number of fused-ring (bicyclic) bond motifs is 1. The van der Waals surface area contributed by atoms with Crippen LogP contribution in [0.1, 0.15) is 11.3 Å². The Kier molecular flexibility index (Phi) is 3.17. The molecule has 0 aliphatic rings. The van der Waals surface area contributed by atoms with Gasteiger partial charge in [0.05, 0.1) is 36.1 Å². The summed E-state index contributed by atoms with van der Waals surface area (Å²) >= 11 is 0. The van der Waals surface area contributed by atoms with E-state index >= 15 is 0 Å². The van der Waals surface area contributed by atoms with Gasteiger partial charge in [-0.15, -0.1) is 0 Å². The lowest BCUT2D eigenvalue weighted by Gasteiger charge is -2.03. The number of nitrogens with one attached hydrogen (secondary N) is 1. The van der Waals surface area contributed by atoms with Gasteiger partial charge >= 0.3 is 5.69 Å². The van der Waals surface area contributed by atoms with Crippen LogP contribution in [-0.2, 0) is 13.2 Å². The van der Waals surface area contributed by atoms with Crippen molar-refractivity contribution in [3.63, 3.8) is 0 Å². The van der Waals surface area contributed by atoms with E-state index in [0.717, 1.165) is 0 Å². The van der Waals surface area contributed by atoms with E-state index in [9.17, 15) is 15.2 Å². The number of nitro benzene ring substituents is 1. The fourth-order valence-electron chi connectivity index (χ4n) is 2.03. The molecule has 0 saturated carbocycles. The number of aliphatic hydroxyl groups excluding tert-OH is 2. The van der Waals surface area contributed by atoms with Crippen molar-refractivity contribution < 1.29 is 19.9 Å². The van der Waals surface area contributed by atoms with E-state index in [2.05, 4.69) is 4.98 Å². The van der Waals surface area contributed by atoms with Crippen molar-refractivity contribution in [1.29, 1.82) is 0 Å². The Balaban J connectivity index is 2.89. The van der Waals surface area contributed by atoms with E-state index in [4.69, 9.17) is 9.84 Å². The molecule has 7 nitrogen and oxygen atoms in total. The van der Waals surface area contributed by atoms with E-state index in [1.165, 1.54) is 13.2 Å². The summed E-state index contributed by atoms with van der Waals surface area (Å²) in [5.74, 6) is 0.116. The Labute approximate surface area is 102 Å². The SMILES string of the molecule is COc1ccc2[nH]c(CO)c(CO)c2c1[N+](=O)[O-]. The molecule has 0 radical (unpaired) electrons. The normalized spacial score (nSPS) is 10.8. The fourth-order valence-corrected chi connectivity index (χ4v) is 2.03. The molecule has 1 heterocycles. The molecule has 3 N–H and O–H groups in total. The Hall–Kier alpha value is -2.12. The van der Waals surface area contributed by atoms with Gasteiger partial charge in [-0.1, -0.05) is 0 Å². The van der Waals surface area contributed by atoms with Crippen molar-refractivity contribution in [1.82, 2.24) is 4.98 Å². The van der Waals surface area contributed by atoms with Gasteiger partial charge in [0.1, 0.15) is 0 Å². The number of aromatic nitrogens is 1. The largest absolute Gasteiger partial charge is 0.490 e. The van der Waals surface area contributed by atoms with Crippen molar-refractivity contribution in [2.45, 2.75) is 13.2 Å². The van der Waals surface area contributed by atoms with Crippen molar-refractivity contribution in [2.24, 2.45) is 0 Å². The third-order valence-corrected chi connectivity index (χ3v) is 2.81. The number of methoxy groups -OCH3 is 1. The van der Waals surface area contributed by atoms with Crippen LogP contribution in [0, 0.1) is 10.1 Å². The predicted molar refractivity (Wildman–Crippen MR) is 63.4 cm³/mol. The molecule has 0 saturated heterocycles. The minimum Gasteiger partial charge on any atom is -0.490 e.